The SMILES string of the molecule is CC1=[NH+]c2ccccc2/C1=C/c1ccc(O)cc1.O=S1(=O)[N-]S(=O)(=O)c2ccccc21. The Morgan fingerprint density at radius 2 is 1.35 bits per heavy atom. The highest BCUT2D eigenvalue weighted by Crippen LogP contribution is 2.37. The van der Waals surface area contributed by atoms with Crippen molar-refractivity contribution in [3.63, 3.8) is 0 Å². The summed E-state index contributed by atoms with van der Waals surface area (Å²) in [7, 11) is -7.95. The molecule has 0 aromatic heterocycles. The molecule has 158 valence electrons. The minimum Gasteiger partial charge on any atom is -0.508 e. The molecule has 0 aliphatic carbocycles. The minimum absolute atomic E-state index is 0.241. The molecule has 9 heteroatoms. The number of benzene rings is 3. The smallest absolute Gasteiger partial charge is 0.211 e. The molecule has 0 bridgehead atoms. The van der Waals surface area contributed by atoms with E-state index in [-0.39, 0.29) is 9.79 Å². The first kappa shape index (κ1) is 21.0. The van der Waals surface area contributed by atoms with Gasteiger partial charge in [-0.25, -0.2) is 21.8 Å². The lowest BCUT2D eigenvalue weighted by Gasteiger charge is -2.05. The van der Waals surface area contributed by atoms with Crippen molar-refractivity contribution in [1.82, 2.24) is 0 Å². The summed E-state index contributed by atoms with van der Waals surface area (Å²) in [5.41, 5.74) is 5.82. The Bertz CT molecular complexity index is 1390. The van der Waals surface area contributed by atoms with E-state index < -0.39 is 20.0 Å². The Morgan fingerprint density at radius 3 is 1.97 bits per heavy atom. The van der Waals surface area contributed by atoms with Crippen LogP contribution in [0.4, 0.5) is 5.69 Å². The van der Waals surface area contributed by atoms with Gasteiger partial charge in [-0.3, -0.25) is 0 Å². The van der Waals surface area contributed by atoms with Crippen LogP contribution in [0.2, 0.25) is 0 Å². The zero-order valence-corrected chi connectivity index (χ0v) is 18.0. The number of phenols is 1. The summed E-state index contributed by atoms with van der Waals surface area (Å²) in [6.45, 7) is 2.08. The highest BCUT2D eigenvalue weighted by molar-refractivity contribution is 8.14. The number of phenolic OH excluding ortho intramolecular Hbond substituents is 1. The maximum atomic E-state index is 11.1. The van der Waals surface area contributed by atoms with E-state index in [0.717, 1.165) is 17.0 Å². The summed E-state index contributed by atoms with van der Waals surface area (Å²) in [5, 5.41) is 9.29. The number of aromatic hydroxyl groups is 1. The summed E-state index contributed by atoms with van der Waals surface area (Å²) in [6, 6.07) is 20.9. The van der Waals surface area contributed by atoms with Crippen LogP contribution in [0.3, 0.4) is 0 Å². The van der Waals surface area contributed by atoms with Gasteiger partial charge in [0, 0.05) is 13.0 Å². The Morgan fingerprint density at radius 1 is 0.806 bits per heavy atom. The van der Waals surface area contributed by atoms with E-state index in [4.69, 9.17) is 0 Å². The first-order chi connectivity index (χ1) is 14.7. The van der Waals surface area contributed by atoms with Crippen molar-refractivity contribution in [3.8, 4) is 5.75 Å². The van der Waals surface area contributed by atoms with Crippen LogP contribution in [0.25, 0.3) is 15.8 Å². The summed E-state index contributed by atoms with van der Waals surface area (Å²) in [5.74, 6) is 0.294. The van der Waals surface area contributed by atoms with Crippen LogP contribution in [0.5, 0.6) is 5.75 Å². The average molecular weight is 455 g/mol. The molecule has 2 heterocycles. The largest absolute Gasteiger partial charge is 0.508 e. The minimum atomic E-state index is -3.98. The summed E-state index contributed by atoms with van der Waals surface area (Å²) in [6.07, 6.45) is 2.13. The lowest BCUT2D eigenvalue weighted by Crippen LogP contribution is -2.62. The van der Waals surface area contributed by atoms with Crippen LogP contribution in [-0.4, -0.2) is 27.7 Å². The molecule has 7 nitrogen and oxygen atoms in total. The third-order valence-corrected chi connectivity index (χ3v) is 8.27. The van der Waals surface area contributed by atoms with Crippen LogP contribution in [0.15, 0.2) is 82.6 Å². The second-order valence-corrected chi connectivity index (χ2v) is 10.3. The Kier molecular flexibility index (Phi) is 5.26. The van der Waals surface area contributed by atoms with Crippen molar-refractivity contribution in [2.45, 2.75) is 16.7 Å². The average Bonchev–Trinajstić information content (AvgIpc) is 3.14. The lowest BCUT2D eigenvalue weighted by molar-refractivity contribution is -0.349. The molecular formula is C22H18N2O5S2. The van der Waals surface area contributed by atoms with Gasteiger partial charge in [-0.05, 0) is 42.0 Å². The number of hydrogen-bond donors (Lipinski definition) is 2. The Balaban J connectivity index is 0.000000158. The molecule has 0 saturated heterocycles. The molecule has 0 unspecified atom stereocenters. The fraction of sp³-hybridized carbons (Fsp3) is 0.0455. The highest BCUT2D eigenvalue weighted by atomic mass is 32.3. The first-order valence-electron chi connectivity index (χ1n) is 9.22. The van der Waals surface area contributed by atoms with Gasteiger partial charge in [0.2, 0.25) is 5.69 Å². The number of allylic oxidation sites excluding steroid dienone is 1. The zero-order valence-electron chi connectivity index (χ0n) is 16.3. The van der Waals surface area contributed by atoms with Crippen LogP contribution in [0, 0.1) is 0 Å². The topological polar surface area (TPSA) is 117 Å². The van der Waals surface area contributed by atoms with Gasteiger partial charge in [-0.2, -0.15) is 0 Å². The number of nitrogens with one attached hydrogen (secondary N) is 1. The Labute approximate surface area is 180 Å². The van der Waals surface area contributed by atoms with Crippen molar-refractivity contribution < 1.29 is 26.9 Å². The molecule has 0 saturated carbocycles. The van der Waals surface area contributed by atoms with E-state index >= 15 is 0 Å². The van der Waals surface area contributed by atoms with Gasteiger partial charge in [0.05, 0.1) is 20.9 Å². The summed E-state index contributed by atoms with van der Waals surface area (Å²) >= 11 is 0. The van der Waals surface area contributed by atoms with E-state index in [1.54, 1.807) is 12.1 Å². The molecule has 2 N–H and O–H groups in total. The van der Waals surface area contributed by atoms with Crippen LogP contribution >= 0.6 is 0 Å². The van der Waals surface area contributed by atoms with Crippen molar-refractivity contribution in [3.05, 3.63) is 88.1 Å². The predicted molar refractivity (Wildman–Crippen MR) is 118 cm³/mol. The third kappa shape index (κ3) is 4.15. The lowest BCUT2D eigenvalue weighted by atomic mass is 10.0. The van der Waals surface area contributed by atoms with E-state index in [0.29, 0.717) is 5.75 Å². The molecule has 2 aliphatic rings. The molecule has 0 radical (unpaired) electrons. The van der Waals surface area contributed by atoms with E-state index in [1.807, 2.05) is 24.3 Å². The normalized spacial score (nSPS) is 18.5. The molecule has 3 aromatic rings. The van der Waals surface area contributed by atoms with Crippen LogP contribution in [-0.2, 0) is 20.0 Å². The van der Waals surface area contributed by atoms with Crippen molar-refractivity contribution in [1.29, 1.82) is 0 Å². The number of fused-ring (bicyclic) bond motifs is 2. The van der Waals surface area contributed by atoms with E-state index in [9.17, 15) is 21.9 Å². The number of para-hydroxylation sites is 1. The molecular weight excluding hydrogens is 436 g/mol. The van der Waals surface area contributed by atoms with Crippen molar-refractivity contribution in [2.75, 3.05) is 0 Å². The van der Waals surface area contributed by atoms with E-state index in [2.05, 4.69) is 34.3 Å². The number of sulfonamides is 2. The molecule has 0 spiro atoms. The van der Waals surface area contributed by atoms with E-state index in [1.165, 1.54) is 35.4 Å². The van der Waals surface area contributed by atoms with Gasteiger partial charge in [-0.1, -0.05) is 36.4 Å². The molecule has 0 atom stereocenters. The standard InChI is InChI=1S/C16H13NO.C6H4NO4S2/c1-11-15(10-12-6-8-13(18)9-7-12)14-4-2-3-5-16(14)17-11;8-12(9)5-3-1-2-4-6(5)13(10,11)7-12/h2-10,18H,1H3;1-4H/q;-1/p+1/b15-10+;. The molecule has 3 aromatic carbocycles. The number of rotatable bonds is 1. The fourth-order valence-corrected chi connectivity index (χ4v) is 6.76. The van der Waals surface area contributed by atoms with Gasteiger partial charge >= 0.3 is 0 Å². The highest BCUT2D eigenvalue weighted by Gasteiger charge is 2.26. The monoisotopic (exact) mass is 454 g/mol. The quantitative estimate of drug-likeness (QED) is 0.586. The second-order valence-electron chi connectivity index (χ2n) is 6.92. The first-order valence-corrected chi connectivity index (χ1v) is 12.1. The van der Waals surface area contributed by atoms with Gasteiger partial charge in [0.15, 0.2) is 5.71 Å². The molecule has 0 amide bonds. The van der Waals surface area contributed by atoms with Gasteiger partial charge in [0.1, 0.15) is 25.8 Å². The van der Waals surface area contributed by atoms with Crippen LogP contribution in [0.1, 0.15) is 18.1 Å². The zero-order chi connectivity index (χ0) is 22.2. The molecule has 31 heavy (non-hydrogen) atoms. The van der Waals surface area contributed by atoms with Crippen LogP contribution < -0.4 is 4.99 Å². The van der Waals surface area contributed by atoms with Crippen molar-refractivity contribution >= 4 is 43.1 Å². The fourth-order valence-electron chi connectivity index (χ4n) is 3.31. The predicted octanol–water partition coefficient (Wildman–Crippen LogP) is 2.57. The van der Waals surface area contributed by atoms with Gasteiger partial charge in [0.25, 0.3) is 0 Å². The molecule has 0 fully saturated rings. The third-order valence-electron chi connectivity index (χ3n) is 4.75. The van der Waals surface area contributed by atoms with Gasteiger partial charge < -0.3 is 9.23 Å². The van der Waals surface area contributed by atoms with Gasteiger partial charge in [-0.15, -0.1) is 0 Å². The summed E-state index contributed by atoms with van der Waals surface area (Å²) < 4.78 is 47.3. The maximum Gasteiger partial charge on any atom is 0.211 e. The Hall–Kier alpha value is -3.27. The second kappa shape index (κ2) is 7.77. The van der Waals surface area contributed by atoms with Crippen molar-refractivity contribution in [2.24, 2.45) is 0 Å². The number of nitrogens with zero attached hydrogens (tertiary/aromatic N) is 1. The maximum absolute atomic E-state index is 11.1. The summed E-state index contributed by atoms with van der Waals surface area (Å²) in [4.78, 5) is 2.90. The molecule has 5 rings (SSSR count). The number of hydrogen-bond acceptors (Lipinski definition) is 5. The molecule has 2 aliphatic heterocycles.